The van der Waals surface area contributed by atoms with Crippen LogP contribution in [0.2, 0.25) is 0 Å². The minimum atomic E-state index is 0.670. The van der Waals surface area contributed by atoms with Crippen LogP contribution in [0.4, 0.5) is 0 Å². The van der Waals surface area contributed by atoms with Crippen LogP contribution in [-0.2, 0) is 4.65 Å². The first-order valence-corrected chi connectivity index (χ1v) is 5.81. The van der Waals surface area contributed by atoms with E-state index in [9.17, 15) is 0 Å². The first-order chi connectivity index (χ1) is 7.88. The zero-order valence-corrected chi connectivity index (χ0v) is 11.5. The van der Waals surface area contributed by atoms with E-state index in [4.69, 9.17) is 4.65 Å². The molecule has 0 unspecified atom stereocenters. The average Bonchev–Trinajstić information content (AvgIpc) is 2.84. The Morgan fingerprint density at radius 1 is 1.19 bits per heavy atom. The molecule has 0 spiro atoms. The summed E-state index contributed by atoms with van der Waals surface area (Å²) in [7, 11) is 1.76. The Bertz CT molecular complexity index is 205. The third-order valence-corrected chi connectivity index (χ3v) is 1.41. The summed E-state index contributed by atoms with van der Waals surface area (Å²) in [5, 5.41) is 0. The van der Waals surface area contributed by atoms with E-state index in [0.29, 0.717) is 6.61 Å². The summed E-state index contributed by atoms with van der Waals surface area (Å²) in [6.45, 7) is 20.3. The number of hydrogen-bond donors (Lipinski definition) is 0. The van der Waals surface area contributed by atoms with Crippen molar-refractivity contribution >= 4 is 7.48 Å². The van der Waals surface area contributed by atoms with Gasteiger partial charge in [-0.3, -0.25) is 0 Å². The number of allylic oxidation sites excluding steroid dienone is 3. The largest absolute Gasteiger partial charge is 0.430 e. The predicted molar refractivity (Wildman–Crippen MR) is 77.7 cm³/mol. The molecule has 0 atom stereocenters. The van der Waals surface area contributed by atoms with Gasteiger partial charge in [-0.2, -0.15) is 0 Å². The molecular weight excluding hydrogens is 195 g/mol. The maximum atomic E-state index is 5.09. The molecular formula is C14H26BO. The maximum absolute atomic E-state index is 5.09. The van der Waals surface area contributed by atoms with Crippen molar-refractivity contribution in [2.75, 3.05) is 6.61 Å². The molecule has 1 nitrogen and oxygen atoms in total. The van der Waals surface area contributed by atoms with Gasteiger partial charge in [0, 0.05) is 0 Å². The van der Waals surface area contributed by atoms with Gasteiger partial charge < -0.3 is 4.65 Å². The molecule has 0 aromatic rings. The first kappa shape index (κ1) is 20.4. The molecule has 0 fully saturated rings. The van der Waals surface area contributed by atoms with Crippen LogP contribution >= 0.6 is 0 Å². The van der Waals surface area contributed by atoms with Crippen molar-refractivity contribution in [3.05, 3.63) is 49.0 Å². The Labute approximate surface area is 103 Å². The fourth-order valence-corrected chi connectivity index (χ4v) is 0.883. The Morgan fingerprint density at radius 3 is 2.06 bits per heavy atom. The van der Waals surface area contributed by atoms with E-state index in [0.717, 1.165) is 11.0 Å². The molecule has 0 bridgehead atoms. The van der Waals surface area contributed by atoms with Gasteiger partial charge in [-0.05, 0) is 18.0 Å². The summed E-state index contributed by atoms with van der Waals surface area (Å²) in [5.41, 5.74) is 2.30. The van der Waals surface area contributed by atoms with E-state index in [1.54, 1.807) is 7.48 Å². The van der Waals surface area contributed by atoms with Crippen molar-refractivity contribution < 1.29 is 4.65 Å². The van der Waals surface area contributed by atoms with E-state index in [1.807, 2.05) is 52.8 Å². The van der Waals surface area contributed by atoms with Gasteiger partial charge in [0.1, 0.15) is 0 Å². The van der Waals surface area contributed by atoms with Crippen LogP contribution in [0.5, 0.6) is 0 Å². The summed E-state index contributed by atoms with van der Waals surface area (Å²) in [6, 6.07) is 0. The van der Waals surface area contributed by atoms with Crippen LogP contribution < -0.4 is 0 Å². The zero-order chi connectivity index (χ0) is 13.4. The molecule has 1 rings (SSSR count). The molecule has 1 radical (unpaired) electrons. The van der Waals surface area contributed by atoms with Crippen molar-refractivity contribution in [1.29, 1.82) is 0 Å². The summed E-state index contributed by atoms with van der Waals surface area (Å²) < 4.78 is 5.09. The Balaban J connectivity index is -0.000000245. The molecule has 0 aromatic carbocycles. The number of hydrogen-bond acceptors (Lipinski definition) is 1. The van der Waals surface area contributed by atoms with Crippen molar-refractivity contribution in [3.63, 3.8) is 0 Å². The lowest BCUT2D eigenvalue weighted by molar-refractivity contribution is 0.396. The van der Waals surface area contributed by atoms with Crippen LogP contribution in [0.25, 0.3) is 0 Å². The van der Waals surface area contributed by atoms with Gasteiger partial charge in [0.25, 0.3) is 0 Å². The molecule has 1 heterocycles. The Hall–Kier alpha value is -1.02. The second-order valence-corrected chi connectivity index (χ2v) is 2.11. The van der Waals surface area contributed by atoms with Crippen LogP contribution in [0.1, 0.15) is 34.6 Å². The first-order valence-electron chi connectivity index (χ1n) is 5.81. The molecule has 0 N–H and O–H groups in total. The molecule has 16 heavy (non-hydrogen) atoms. The standard InChI is InChI=1S/C8H10BO.2C2H6.C2H4/c1-3-5-8-7(4-2)6-10-9-8;3*1-2/h3-5H,2,6H2,1H3;2*1-2H3;1-2H2/b5-3-;;;. The summed E-state index contributed by atoms with van der Waals surface area (Å²) in [5.74, 6) is 0. The smallest absolute Gasteiger partial charge is 0.330 e. The lowest BCUT2D eigenvalue weighted by Gasteiger charge is -1.90. The maximum Gasteiger partial charge on any atom is 0.330 e. The van der Waals surface area contributed by atoms with Gasteiger partial charge in [0.05, 0.1) is 6.61 Å². The van der Waals surface area contributed by atoms with Gasteiger partial charge in [0.2, 0.25) is 0 Å². The fourth-order valence-electron chi connectivity index (χ4n) is 0.883. The predicted octanol–water partition coefficient (Wildman–Crippen LogP) is 4.51. The average molecular weight is 221 g/mol. The second-order valence-electron chi connectivity index (χ2n) is 2.11. The van der Waals surface area contributed by atoms with E-state index in [2.05, 4.69) is 19.7 Å². The van der Waals surface area contributed by atoms with Crippen molar-refractivity contribution in [2.24, 2.45) is 0 Å². The highest BCUT2D eigenvalue weighted by atomic mass is 16.4. The monoisotopic (exact) mass is 221 g/mol. The van der Waals surface area contributed by atoms with Crippen molar-refractivity contribution in [3.8, 4) is 0 Å². The third-order valence-electron chi connectivity index (χ3n) is 1.41. The van der Waals surface area contributed by atoms with Gasteiger partial charge in [-0.25, -0.2) is 0 Å². The fraction of sp³-hybridized carbons (Fsp3) is 0.429. The van der Waals surface area contributed by atoms with Crippen molar-refractivity contribution in [1.82, 2.24) is 0 Å². The molecule has 1 aliphatic heterocycles. The quantitative estimate of drug-likeness (QED) is 0.492. The van der Waals surface area contributed by atoms with Gasteiger partial charge in [0.15, 0.2) is 0 Å². The van der Waals surface area contributed by atoms with E-state index < -0.39 is 0 Å². The molecule has 0 saturated carbocycles. The van der Waals surface area contributed by atoms with Crippen LogP contribution in [0.3, 0.4) is 0 Å². The van der Waals surface area contributed by atoms with Crippen LogP contribution in [0.15, 0.2) is 49.0 Å². The van der Waals surface area contributed by atoms with Crippen LogP contribution in [-0.4, -0.2) is 14.1 Å². The highest BCUT2D eigenvalue weighted by Gasteiger charge is 2.10. The van der Waals surface area contributed by atoms with Gasteiger partial charge in [-0.1, -0.05) is 52.5 Å². The SMILES string of the molecule is C=C.C=CC1=C(/C=C\C)[B]OC1.CC.CC. The third kappa shape index (κ3) is 9.54. The minimum absolute atomic E-state index is 0.670. The summed E-state index contributed by atoms with van der Waals surface area (Å²) in [6.07, 6.45) is 5.84. The summed E-state index contributed by atoms with van der Waals surface area (Å²) in [4.78, 5) is 0. The molecule has 0 saturated heterocycles. The molecule has 1 aliphatic rings. The van der Waals surface area contributed by atoms with E-state index in [1.165, 1.54) is 0 Å². The van der Waals surface area contributed by atoms with Crippen LogP contribution in [0, 0.1) is 0 Å². The van der Waals surface area contributed by atoms with Gasteiger partial charge in [-0.15, -0.1) is 13.2 Å². The summed E-state index contributed by atoms with van der Waals surface area (Å²) >= 11 is 0. The molecule has 0 aromatic heterocycles. The lowest BCUT2D eigenvalue weighted by atomic mass is 9.86. The molecule has 91 valence electrons. The Morgan fingerprint density at radius 2 is 1.69 bits per heavy atom. The normalized spacial score (nSPS) is 12.3. The highest BCUT2D eigenvalue weighted by molar-refractivity contribution is 6.41. The number of rotatable bonds is 2. The lowest BCUT2D eigenvalue weighted by Crippen LogP contribution is -1.88. The second kappa shape index (κ2) is 19.5. The Kier molecular flexibility index (Phi) is 24.9. The van der Waals surface area contributed by atoms with E-state index in [-0.39, 0.29) is 0 Å². The van der Waals surface area contributed by atoms with E-state index >= 15 is 0 Å². The molecule has 2 heteroatoms. The molecule has 0 amide bonds. The van der Waals surface area contributed by atoms with Gasteiger partial charge >= 0.3 is 7.48 Å². The van der Waals surface area contributed by atoms with Crippen molar-refractivity contribution in [2.45, 2.75) is 34.6 Å². The molecule has 0 aliphatic carbocycles. The topological polar surface area (TPSA) is 9.23 Å². The minimum Gasteiger partial charge on any atom is -0.430 e. The zero-order valence-electron chi connectivity index (χ0n) is 11.5. The highest BCUT2D eigenvalue weighted by Crippen LogP contribution is 2.13.